The van der Waals surface area contributed by atoms with Crippen LogP contribution in [-0.4, -0.2) is 23.2 Å². The van der Waals surface area contributed by atoms with E-state index >= 15 is 0 Å². The predicted octanol–water partition coefficient (Wildman–Crippen LogP) is 2.73. The Balaban J connectivity index is 2.47. The van der Waals surface area contributed by atoms with Gasteiger partial charge >= 0.3 is 5.97 Å². The molecule has 1 heterocycles. The molecule has 0 fully saturated rings. The maximum atomic E-state index is 12.0. The number of carbonyl (C=O) groups is 1. The molecule has 4 nitrogen and oxygen atoms in total. The topological polar surface area (TPSA) is 57.2 Å². The van der Waals surface area contributed by atoms with Gasteiger partial charge in [0.25, 0.3) is 0 Å². The van der Waals surface area contributed by atoms with Crippen LogP contribution in [0.25, 0.3) is 10.9 Å². The van der Waals surface area contributed by atoms with Crippen molar-refractivity contribution in [1.29, 1.82) is 0 Å². The molecule has 4 heteroatoms. The van der Waals surface area contributed by atoms with Crippen molar-refractivity contribution >= 4 is 16.9 Å². The van der Waals surface area contributed by atoms with Crippen molar-refractivity contribution in [2.45, 2.75) is 39.8 Å². The molecule has 1 aromatic heterocycles. The first kappa shape index (κ1) is 14.6. The van der Waals surface area contributed by atoms with Crippen LogP contribution < -0.4 is 5.73 Å². The summed E-state index contributed by atoms with van der Waals surface area (Å²) in [5, 5.41) is 1.06. The van der Waals surface area contributed by atoms with Crippen molar-refractivity contribution < 1.29 is 9.53 Å². The van der Waals surface area contributed by atoms with E-state index in [1.165, 1.54) is 5.56 Å². The van der Waals surface area contributed by atoms with Gasteiger partial charge in [0, 0.05) is 23.5 Å². The van der Waals surface area contributed by atoms with E-state index in [1.807, 2.05) is 31.4 Å². The van der Waals surface area contributed by atoms with E-state index in [4.69, 9.17) is 10.5 Å². The number of ether oxygens (including phenoxy) is 1. The Morgan fingerprint density at radius 2 is 2.10 bits per heavy atom. The minimum atomic E-state index is -0.265. The van der Waals surface area contributed by atoms with Crippen molar-refractivity contribution in [1.82, 2.24) is 4.57 Å². The second-order valence-electron chi connectivity index (χ2n) is 5.07. The van der Waals surface area contributed by atoms with Crippen LogP contribution in [-0.2, 0) is 17.7 Å². The molecule has 0 spiro atoms. The molecule has 2 aromatic rings. The summed E-state index contributed by atoms with van der Waals surface area (Å²) < 4.78 is 7.10. The van der Waals surface area contributed by atoms with Gasteiger partial charge in [0.05, 0.1) is 6.61 Å². The second-order valence-corrected chi connectivity index (χ2v) is 5.07. The number of fused-ring (bicyclic) bond motifs is 1. The predicted molar refractivity (Wildman–Crippen MR) is 80.9 cm³/mol. The average Bonchev–Trinajstić information content (AvgIpc) is 2.76. The van der Waals surface area contributed by atoms with E-state index in [-0.39, 0.29) is 12.0 Å². The molecule has 0 amide bonds. The third-order valence-electron chi connectivity index (χ3n) is 3.32. The highest BCUT2D eigenvalue weighted by Gasteiger charge is 2.15. The lowest BCUT2D eigenvalue weighted by Gasteiger charge is -2.08. The van der Waals surface area contributed by atoms with Crippen LogP contribution in [0, 0.1) is 0 Å². The summed E-state index contributed by atoms with van der Waals surface area (Å²) in [6, 6.07) is 8.27. The van der Waals surface area contributed by atoms with Gasteiger partial charge in [-0.1, -0.05) is 6.07 Å². The fraction of sp³-hybridized carbons (Fsp3) is 0.438. The normalized spacial score (nSPS) is 12.6. The van der Waals surface area contributed by atoms with E-state index in [9.17, 15) is 4.79 Å². The molecule has 1 unspecified atom stereocenters. The lowest BCUT2D eigenvalue weighted by atomic mass is 10.1. The summed E-state index contributed by atoms with van der Waals surface area (Å²) in [5.41, 5.74) is 8.70. The molecule has 0 saturated carbocycles. The fourth-order valence-electron chi connectivity index (χ4n) is 2.53. The highest BCUT2D eigenvalue weighted by Crippen LogP contribution is 2.22. The number of hydrogen-bond acceptors (Lipinski definition) is 3. The van der Waals surface area contributed by atoms with Crippen molar-refractivity contribution in [3.8, 4) is 0 Å². The largest absolute Gasteiger partial charge is 0.461 e. The first-order valence-corrected chi connectivity index (χ1v) is 7.11. The van der Waals surface area contributed by atoms with Crippen LogP contribution in [0.5, 0.6) is 0 Å². The molecule has 0 aliphatic carbocycles. The minimum Gasteiger partial charge on any atom is -0.461 e. The highest BCUT2D eigenvalue weighted by atomic mass is 16.5. The molecule has 0 radical (unpaired) electrons. The summed E-state index contributed by atoms with van der Waals surface area (Å²) in [6.07, 6.45) is 0.835. The van der Waals surface area contributed by atoms with Gasteiger partial charge in [-0.15, -0.1) is 0 Å². The smallest absolute Gasteiger partial charge is 0.354 e. The number of aryl methyl sites for hydroxylation is 1. The number of esters is 1. The number of rotatable bonds is 5. The zero-order valence-corrected chi connectivity index (χ0v) is 12.3. The van der Waals surface area contributed by atoms with Crippen molar-refractivity contribution in [3.05, 3.63) is 35.5 Å². The lowest BCUT2D eigenvalue weighted by molar-refractivity contribution is 0.0514. The number of hydrogen-bond donors (Lipinski definition) is 1. The Morgan fingerprint density at radius 3 is 2.70 bits per heavy atom. The molecule has 2 rings (SSSR count). The summed E-state index contributed by atoms with van der Waals surface area (Å²) in [4.78, 5) is 12.0. The Kier molecular flexibility index (Phi) is 4.45. The van der Waals surface area contributed by atoms with Crippen molar-refractivity contribution in [2.75, 3.05) is 6.61 Å². The first-order chi connectivity index (χ1) is 9.56. The fourth-order valence-corrected chi connectivity index (χ4v) is 2.53. The first-order valence-electron chi connectivity index (χ1n) is 7.11. The maximum absolute atomic E-state index is 12.0. The monoisotopic (exact) mass is 274 g/mol. The Morgan fingerprint density at radius 1 is 1.35 bits per heavy atom. The van der Waals surface area contributed by atoms with Crippen LogP contribution in [0.2, 0.25) is 0 Å². The van der Waals surface area contributed by atoms with Crippen LogP contribution in [0.4, 0.5) is 0 Å². The molecule has 0 aliphatic rings. The quantitative estimate of drug-likeness (QED) is 0.853. The number of nitrogens with two attached hydrogens (primary N) is 1. The molecule has 2 N–H and O–H groups in total. The summed E-state index contributed by atoms with van der Waals surface area (Å²) in [5.74, 6) is -0.265. The summed E-state index contributed by atoms with van der Waals surface area (Å²) in [7, 11) is 0. The van der Waals surface area contributed by atoms with Gasteiger partial charge in [-0.3, -0.25) is 0 Å². The molecular weight excluding hydrogens is 252 g/mol. The maximum Gasteiger partial charge on any atom is 0.354 e. The van der Waals surface area contributed by atoms with Crippen LogP contribution in [0.1, 0.15) is 36.8 Å². The molecule has 20 heavy (non-hydrogen) atoms. The zero-order valence-electron chi connectivity index (χ0n) is 12.3. The van der Waals surface area contributed by atoms with Gasteiger partial charge in [-0.05, 0) is 51.0 Å². The molecule has 0 aliphatic heterocycles. The van der Waals surface area contributed by atoms with E-state index in [0.29, 0.717) is 12.3 Å². The Labute approximate surface area is 119 Å². The summed E-state index contributed by atoms with van der Waals surface area (Å²) in [6.45, 7) is 6.96. The van der Waals surface area contributed by atoms with Crippen LogP contribution in [0.15, 0.2) is 24.3 Å². The van der Waals surface area contributed by atoms with Crippen molar-refractivity contribution in [3.63, 3.8) is 0 Å². The number of carbonyl (C=O) groups excluding carboxylic acids is 1. The Hall–Kier alpha value is -1.81. The standard InChI is InChI=1S/C16H22N2O2/c1-4-18-14-7-6-12(8-11(3)17)9-13(14)10-15(18)16(19)20-5-2/h6-7,9-11H,4-5,8,17H2,1-3H3. The van der Waals surface area contributed by atoms with Crippen molar-refractivity contribution in [2.24, 2.45) is 5.73 Å². The molecule has 0 bridgehead atoms. The number of benzene rings is 1. The Bertz CT molecular complexity index is 614. The van der Waals surface area contributed by atoms with Crippen LogP contribution in [0.3, 0.4) is 0 Å². The number of aromatic nitrogens is 1. The van der Waals surface area contributed by atoms with Gasteiger partial charge in [-0.2, -0.15) is 0 Å². The third kappa shape index (κ3) is 2.85. The summed E-state index contributed by atoms with van der Waals surface area (Å²) >= 11 is 0. The third-order valence-corrected chi connectivity index (χ3v) is 3.32. The van der Waals surface area contributed by atoms with Gasteiger partial charge in [0.1, 0.15) is 5.69 Å². The minimum absolute atomic E-state index is 0.130. The van der Waals surface area contributed by atoms with E-state index in [1.54, 1.807) is 0 Å². The molecule has 1 aromatic carbocycles. The van der Waals surface area contributed by atoms with Crippen LogP contribution >= 0.6 is 0 Å². The number of nitrogens with zero attached hydrogens (tertiary/aromatic N) is 1. The average molecular weight is 274 g/mol. The van der Waals surface area contributed by atoms with E-state index < -0.39 is 0 Å². The van der Waals surface area contributed by atoms with E-state index in [0.717, 1.165) is 23.9 Å². The molecule has 108 valence electrons. The van der Waals surface area contributed by atoms with Gasteiger partial charge in [0.2, 0.25) is 0 Å². The SMILES string of the molecule is CCOC(=O)c1cc2cc(CC(C)N)ccc2n1CC. The lowest BCUT2D eigenvalue weighted by Crippen LogP contribution is -2.17. The highest BCUT2D eigenvalue weighted by molar-refractivity contribution is 5.95. The molecule has 0 saturated heterocycles. The van der Waals surface area contributed by atoms with E-state index in [2.05, 4.69) is 18.2 Å². The van der Waals surface area contributed by atoms with Gasteiger partial charge in [-0.25, -0.2) is 4.79 Å². The molecule has 1 atom stereocenters. The van der Waals surface area contributed by atoms with Gasteiger partial charge < -0.3 is 15.0 Å². The molecular formula is C16H22N2O2. The van der Waals surface area contributed by atoms with Gasteiger partial charge in [0.15, 0.2) is 0 Å². The zero-order chi connectivity index (χ0) is 14.7. The second kappa shape index (κ2) is 6.09.